The van der Waals surface area contributed by atoms with Gasteiger partial charge in [0.05, 0.1) is 18.5 Å². The second kappa shape index (κ2) is 8.49. The number of amides is 2. The van der Waals surface area contributed by atoms with Crippen molar-refractivity contribution in [2.45, 2.75) is 25.2 Å². The Kier molecular flexibility index (Phi) is 5.48. The van der Waals surface area contributed by atoms with E-state index in [1.807, 2.05) is 6.07 Å². The van der Waals surface area contributed by atoms with Gasteiger partial charge in [-0.15, -0.1) is 11.3 Å². The highest BCUT2D eigenvalue weighted by atomic mass is 32.1. The molecule has 0 aliphatic heterocycles. The van der Waals surface area contributed by atoms with E-state index in [9.17, 15) is 18.4 Å². The molecule has 1 saturated carbocycles. The summed E-state index contributed by atoms with van der Waals surface area (Å²) in [6.07, 6.45) is -1.08. The van der Waals surface area contributed by atoms with Gasteiger partial charge in [-0.25, -0.2) is 13.8 Å². The number of nitrogens with two attached hydrogens (primary N) is 1. The first-order valence-corrected chi connectivity index (χ1v) is 11.2. The number of aromatic amines is 1. The van der Waals surface area contributed by atoms with Crippen LogP contribution in [0.1, 0.15) is 56.6 Å². The number of nitrogens with one attached hydrogen (secondary N) is 2. The number of hydrogen-bond donors (Lipinski definition) is 3. The number of benzene rings is 1. The molecule has 0 saturated heterocycles. The molecule has 1 fully saturated rings. The molecule has 1 aromatic carbocycles. The number of rotatable bonds is 7. The SMILES string of the molecule is COc1cccc(-c2cc(C(=O)Nc3c(C(N)=O)sc4nc(C(F)F)cc(C5CC5)c34)[nH]n2)c1. The number of ether oxygens (including phenoxy) is 1. The van der Waals surface area contributed by atoms with Crippen molar-refractivity contribution in [2.75, 3.05) is 12.4 Å². The third-order valence-electron chi connectivity index (χ3n) is 5.60. The monoisotopic (exact) mass is 483 g/mol. The van der Waals surface area contributed by atoms with Crippen molar-refractivity contribution < 1.29 is 23.1 Å². The summed E-state index contributed by atoms with van der Waals surface area (Å²) in [6, 6.07) is 10.1. The summed E-state index contributed by atoms with van der Waals surface area (Å²) in [6.45, 7) is 0. The zero-order chi connectivity index (χ0) is 24.0. The number of carbonyl (C=O) groups excluding carboxylic acids is 2. The van der Waals surface area contributed by atoms with Crippen molar-refractivity contribution >= 4 is 39.1 Å². The zero-order valence-electron chi connectivity index (χ0n) is 17.9. The molecule has 3 heterocycles. The van der Waals surface area contributed by atoms with Gasteiger partial charge in [0.1, 0.15) is 26.8 Å². The smallest absolute Gasteiger partial charge is 0.280 e. The average Bonchev–Trinajstić information content (AvgIpc) is 3.43. The lowest BCUT2D eigenvalue weighted by atomic mass is 10.0. The number of alkyl halides is 2. The fraction of sp³-hybridized carbons (Fsp3) is 0.217. The minimum atomic E-state index is -2.75. The number of primary amides is 1. The molecule has 2 amide bonds. The van der Waals surface area contributed by atoms with Gasteiger partial charge in [-0.1, -0.05) is 12.1 Å². The second-order valence-electron chi connectivity index (χ2n) is 7.91. The summed E-state index contributed by atoms with van der Waals surface area (Å²) < 4.78 is 32.0. The number of fused-ring (bicyclic) bond motifs is 1. The average molecular weight is 484 g/mol. The van der Waals surface area contributed by atoms with E-state index in [1.54, 1.807) is 31.4 Å². The van der Waals surface area contributed by atoms with Crippen molar-refractivity contribution in [2.24, 2.45) is 5.73 Å². The van der Waals surface area contributed by atoms with E-state index in [2.05, 4.69) is 20.5 Å². The summed E-state index contributed by atoms with van der Waals surface area (Å²) in [5.74, 6) is -0.615. The van der Waals surface area contributed by atoms with E-state index in [-0.39, 0.29) is 32.7 Å². The first-order valence-electron chi connectivity index (χ1n) is 10.4. The van der Waals surface area contributed by atoms with E-state index >= 15 is 0 Å². The normalized spacial score (nSPS) is 13.4. The van der Waals surface area contributed by atoms with Crippen LogP contribution in [0.3, 0.4) is 0 Å². The predicted octanol–water partition coefficient (Wildman–Crippen LogP) is 4.86. The Labute approximate surface area is 196 Å². The Bertz CT molecular complexity index is 1430. The summed E-state index contributed by atoms with van der Waals surface area (Å²) in [5.41, 5.74) is 7.44. The van der Waals surface area contributed by atoms with Gasteiger partial charge in [-0.2, -0.15) is 5.10 Å². The second-order valence-corrected chi connectivity index (χ2v) is 8.91. The molecule has 4 aromatic rings. The Hall–Kier alpha value is -3.86. The number of halogens is 2. The molecule has 8 nitrogen and oxygen atoms in total. The van der Waals surface area contributed by atoms with Gasteiger partial charge < -0.3 is 15.8 Å². The maximum absolute atomic E-state index is 13.4. The maximum atomic E-state index is 13.4. The highest BCUT2D eigenvalue weighted by Gasteiger charge is 2.32. The van der Waals surface area contributed by atoms with Gasteiger partial charge in [0.15, 0.2) is 0 Å². The van der Waals surface area contributed by atoms with E-state index in [1.165, 1.54) is 6.07 Å². The molecule has 11 heteroatoms. The van der Waals surface area contributed by atoms with Gasteiger partial charge in [0, 0.05) is 10.9 Å². The largest absolute Gasteiger partial charge is 0.497 e. The van der Waals surface area contributed by atoms with Crippen molar-refractivity contribution in [3.8, 4) is 17.0 Å². The summed E-state index contributed by atoms with van der Waals surface area (Å²) in [7, 11) is 1.55. The molecule has 0 atom stereocenters. The maximum Gasteiger partial charge on any atom is 0.280 e. The molecule has 0 radical (unpaired) electrons. The highest BCUT2D eigenvalue weighted by molar-refractivity contribution is 7.21. The number of H-pyrrole nitrogens is 1. The fourth-order valence-corrected chi connectivity index (χ4v) is 4.84. The molecule has 1 aliphatic rings. The third kappa shape index (κ3) is 3.98. The topological polar surface area (TPSA) is 123 Å². The van der Waals surface area contributed by atoms with Crippen LogP contribution in [0.2, 0.25) is 0 Å². The molecule has 4 N–H and O–H groups in total. The quantitative estimate of drug-likeness (QED) is 0.346. The minimum absolute atomic E-state index is 0.0525. The number of anilines is 1. The van der Waals surface area contributed by atoms with Gasteiger partial charge in [0.25, 0.3) is 18.2 Å². The molecule has 34 heavy (non-hydrogen) atoms. The van der Waals surface area contributed by atoms with Crippen LogP contribution in [0.4, 0.5) is 14.5 Å². The number of carbonyl (C=O) groups is 2. The number of thiophene rings is 1. The van der Waals surface area contributed by atoms with E-state index in [0.29, 0.717) is 22.4 Å². The lowest BCUT2D eigenvalue weighted by Crippen LogP contribution is -2.17. The van der Waals surface area contributed by atoms with Crippen molar-refractivity contribution in [3.05, 3.63) is 58.2 Å². The lowest BCUT2D eigenvalue weighted by molar-refractivity contribution is 0.100. The van der Waals surface area contributed by atoms with Crippen molar-refractivity contribution in [1.82, 2.24) is 15.2 Å². The van der Waals surface area contributed by atoms with E-state index in [0.717, 1.165) is 29.7 Å². The number of hydrogen-bond acceptors (Lipinski definition) is 6. The van der Waals surface area contributed by atoms with Crippen LogP contribution in [0.5, 0.6) is 5.75 Å². The van der Waals surface area contributed by atoms with Gasteiger partial charge >= 0.3 is 0 Å². The summed E-state index contributed by atoms with van der Waals surface area (Å²) in [5, 5.41) is 10.1. The van der Waals surface area contributed by atoms with Gasteiger partial charge in [-0.05, 0) is 48.6 Å². The zero-order valence-corrected chi connectivity index (χ0v) is 18.7. The number of nitrogens with zero attached hydrogens (tertiary/aromatic N) is 2. The molecule has 0 unspecified atom stereocenters. The van der Waals surface area contributed by atoms with Crippen LogP contribution in [0.15, 0.2) is 36.4 Å². The lowest BCUT2D eigenvalue weighted by Gasteiger charge is -2.09. The first-order chi connectivity index (χ1) is 16.4. The van der Waals surface area contributed by atoms with Crippen molar-refractivity contribution in [3.63, 3.8) is 0 Å². The molecule has 1 aliphatic carbocycles. The minimum Gasteiger partial charge on any atom is -0.497 e. The summed E-state index contributed by atoms with van der Waals surface area (Å²) in [4.78, 5) is 29.5. The molecular weight excluding hydrogens is 464 g/mol. The standard InChI is InChI=1S/C23H19F2N5O3S/c1-33-12-4-2-3-11(7-12)14-9-16(30-29-14)22(32)28-18-17-13(10-5-6-10)8-15(20(24)25)27-23(17)34-19(18)21(26)31/h2-4,7-10,20H,5-6H2,1H3,(H2,26,31)(H,28,32)(H,29,30). The number of pyridine rings is 1. The number of aromatic nitrogens is 3. The fourth-order valence-electron chi connectivity index (χ4n) is 3.82. The molecule has 0 spiro atoms. The van der Waals surface area contributed by atoms with E-state index in [4.69, 9.17) is 10.5 Å². The van der Waals surface area contributed by atoms with Gasteiger partial charge in [0.2, 0.25) is 0 Å². The highest BCUT2D eigenvalue weighted by Crippen LogP contribution is 2.48. The van der Waals surface area contributed by atoms with Gasteiger partial charge in [-0.3, -0.25) is 14.7 Å². The van der Waals surface area contributed by atoms with Crippen LogP contribution in [-0.2, 0) is 0 Å². The first kappa shape index (κ1) is 22.0. The van der Waals surface area contributed by atoms with Crippen LogP contribution >= 0.6 is 11.3 Å². The van der Waals surface area contributed by atoms with Crippen LogP contribution < -0.4 is 15.8 Å². The van der Waals surface area contributed by atoms with E-state index < -0.39 is 18.2 Å². The Balaban J connectivity index is 1.53. The summed E-state index contributed by atoms with van der Waals surface area (Å²) >= 11 is 0.893. The van der Waals surface area contributed by atoms with Crippen molar-refractivity contribution in [1.29, 1.82) is 0 Å². The van der Waals surface area contributed by atoms with Crippen LogP contribution in [0, 0.1) is 0 Å². The Morgan fingerprint density at radius 1 is 1.26 bits per heavy atom. The predicted molar refractivity (Wildman–Crippen MR) is 124 cm³/mol. The van der Waals surface area contributed by atoms with Crippen LogP contribution in [0.25, 0.3) is 21.5 Å². The molecule has 174 valence electrons. The molecule has 0 bridgehead atoms. The third-order valence-corrected chi connectivity index (χ3v) is 6.70. The molecule has 3 aromatic heterocycles. The number of methoxy groups -OCH3 is 1. The molecular formula is C23H19F2N5O3S. The Morgan fingerprint density at radius 2 is 2.06 bits per heavy atom. The Morgan fingerprint density at radius 3 is 2.74 bits per heavy atom. The molecule has 5 rings (SSSR count). The van der Waals surface area contributed by atoms with Crippen LogP contribution in [-0.4, -0.2) is 34.1 Å².